The zero-order valence-electron chi connectivity index (χ0n) is 10.9. The molecule has 1 saturated heterocycles. The molecule has 1 unspecified atom stereocenters. The van der Waals surface area contributed by atoms with E-state index in [9.17, 15) is 17.9 Å². The first-order valence-corrected chi connectivity index (χ1v) is 7.92. The molecule has 0 saturated carbocycles. The molecule has 1 aromatic carbocycles. The van der Waals surface area contributed by atoms with Crippen molar-refractivity contribution in [3.8, 4) is 0 Å². The molecule has 0 amide bonds. The first kappa shape index (κ1) is 15.5. The van der Waals surface area contributed by atoms with Crippen LogP contribution in [0.1, 0.15) is 19.8 Å². The molecule has 0 bridgehead atoms. The van der Waals surface area contributed by atoms with E-state index in [-0.39, 0.29) is 23.8 Å². The number of benzene rings is 1. The van der Waals surface area contributed by atoms with Crippen LogP contribution in [-0.4, -0.2) is 36.5 Å². The van der Waals surface area contributed by atoms with Crippen LogP contribution in [0.5, 0.6) is 0 Å². The Hall–Kier alpha value is -0.890. The van der Waals surface area contributed by atoms with Crippen molar-refractivity contribution in [2.45, 2.75) is 30.3 Å². The van der Waals surface area contributed by atoms with Crippen LogP contribution in [0.2, 0.25) is 5.02 Å². The van der Waals surface area contributed by atoms with Crippen molar-refractivity contribution in [2.24, 2.45) is 0 Å². The monoisotopic (exact) mass is 322 g/mol. The van der Waals surface area contributed by atoms with Gasteiger partial charge in [-0.25, -0.2) is 12.8 Å². The largest absolute Gasteiger partial charge is 0.396 e. The van der Waals surface area contributed by atoms with Gasteiger partial charge >= 0.3 is 0 Å². The van der Waals surface area contributed by atoms with Crippen LogP contribution in [0, 0.1) is 5.82 Å². The Morgan fingerprint density at radius 1 is 1.50 bits per heavy atom. The second-order valence-electron chi connectivity index (χ2n) is 5.25. The Morgan fingerprint density at radius 2 is 2.15 bits per heavy atom. The minimum Gasteiger partial charge on any atom is -0.396 e. The Balaban J connectivity index is 2.46. The molecule has 1 aromatic rings. The van der Waals surface area contributed by atoms with Gasteiger partial charge in [-0.15, -0.1) is 0 Å². The molecule has 0 aromatic heterocycles. The number of hydrogen-bond donors (Lipinski definition) is 2. The Bertz CT molecular complexity index is 634. The normalized spacial score (nSPS) is 24.8. The highest BCUT2D eigenvalue weighted by molar-refractivity contribution is 7.89. The maximum absolute atomic E-state index is 14.0. The number of nitrogen functional groups attached to an aromatic ring is 1. The van der Waals surface area contributed by atoms with Gasteiger partial charge in [-0.1, -0.05) is 11.6 Å². The molecule has 2 rings (SSSR count). The fourth-order valence-electron chi connectivity index (χ4n) is 2.29. The topological polar surface area (TPSA) is 83.6 Å². The van der Waals surface area contributed by atoms with Gasteiger partial charge in [-0.2, -0.15) is 4.31 Å². The van der Waals surface area contributed by atoms with Crippen LogP contribution in [0.4, 0.5) is 10.1 Å². The molecule has 8 heteroatoms. The van der Waals surface area contributed by atoms with E-state index >= 15 is 0 Å². The number of anilines is 1. The van der Waals surface area contributed by atoms with Gasteiger partial charge in [0.15, 0.2) is 5.82 Å². The summed E-state index contributed by atoms with van der Waals surface area (Å²) in [6.07, 6.45) is 1.00. The molecule has 3 N–H and O–H groups in total. The average molecular weight is 323 g/mol. The second kappa shape index (κ2) is 5.14. The standard InChI is InChI=1S/C12H16ClFN2O3S/c1-12(17)3-2-4-16(7-12)20(18,19)10-6-8(13)5-9(15)11(10)14/h5-6,17H,2-4,7,15H2,1H3. The van der Waals surface area contributed by atoms with E-state index in [0.717, 1.165) is 16.4 Å². The van der Waals surface area contributed by atoms with Crippen LogP contribution in [0.3, 0.4) is 0 Å². The van der Waals surface area contributed by atoms with Gasteiger partial charge in [0.1, 0.15) is 4.90 Å². The first-order valence-electron chi connectivity index (χ1n) is 6.10. The maximum Gasteiger partial charge on any atom is 0.246 e. The highest BCUT2D eigenvalue weighted by Gasteiger charge is 2.37. The summed E-state index contributed by atoms with van der Waals surface area (Å²) in [5.41, 5.74) is 3.97. The summed E-state index contributed by atoms with van der Waals surface area (Å²) in [6, 6.07) is 2.19. The number of halogens is 2. The summed E-state index contributed by atoms with van der Waals surface area (Å²) in [5.74, 6) is -1.01. The van der Waals surface area contributed by atoms with E-state index in [1.807, 2.05) is 0 Å². The molecule has 5 nitrogen and oxygen atoms in total. The first-order chi connectivity index (χ1) is 9.13. The third kappa shape index (κ3) is 2.90. The lowest BCUT2D eigenvalue weighted by molar-refractivity contribution is 0.00935. The van der Waals surface area contributed by atoms with Crippen LogP contribution in [0.25, 0.3) is 0 Å². The van der Waals surface area contributed by atoms with Crippen LogP contribution in [0.15, 0.2) is 17.0 Å². The SMILES string of the molecule is CC1(O)CCCN(S(=O)(=O)c2cc(Cl)cc(N)c2F)C1. The molecule has 0 spiro atoms. The summed E-state index contributed by atoms with van der Waals surface area (Å²) in [4.78, 5) is -0.555. The number of aliphatic hydroxyl groups is 1. The van der Waals surface area contributed by atoms with E-state index in [0.29, 0.717) is 12.8 Å². The highest BCUT2D eigenvalue weighted by atomic mass is 35.5. The molecular formula is C12H16ClFN2O3S. The Kier molecular flexibility index (Phi) is 3.98. The molecule has 1 atom stereocenters. The summed E-state index contributed by atoms with van der Waals surface area (Å²) in [6.45, 7) is 1.70. The van der Waals surface area contributed by atoms with Gasteiger partial charge in [0.2, 0.25) is 10.0 Å². The van der Waals surface area contributed by atoms with E-state index in [1.165, 1.54) is 0 Å². The number of β-amino-alcohol motifs (C(OH)–C–C–N with tert-alkyl or cyclic N) is 1. The van der Waals surface area contributed by atoms with E-state index < -0.39 is 26.3 Å². The molecule has 0 radical (unpaired) electrons. The van der Waals surface area contributed by atoms with Gasteiger partial charge < -0.3 is 10.8 Å². The van der Waals surface area contributed by atoms with Gasteiger partial charge in [-0.05, 0) is 31.9 Å². The van der Waals surface area contributed by atoms with Crippen molar-refractivity contribution in [1.29, 1.82) is 0 Å². The minimum atomic E-state index is -4.07. The lowest BCUT2D eigenvalue weighted by Gasteiger charge is -2.36. The Labute approximate surface area is 122 Å². The van der Waals surface area contributed by atoms with Crippen LogP contribution < -0.4 is 5.73 Å². The minimum absolute atomic E-state index is 0.0474. The van der Waals surface area contributed by atoms with E-state index in [4.69, 9.17) is 17.3 Å². The van der Waals surface area contributed by atoms with Gasteiger partial charge in [-0.3, -0.25) is 0 Å². The van der Waals surface area contributed by atoms with Crippen molar-refractivity contribution in [3.63, 3.8) is 0 Å². The number of hydrogen-bond acceptors (Lipinski definition) is 4. The molecule has 112 valence electrons. The predicted molar refractivity (Wildman–Crippen MR) is 74.4 cm³/mol. The summed E-state index contributed by atoms with van der Waals surface area (Å²) in [7, 11) is -4.07. The van der Waals surface area contributed by atoms with Crippen LogP contribution >= 0.6 is 11.6 Å². The summed E-state index contributed by atoms with van der Waals surface area (Å²) < 4.78 is 40.0. The zero-order chi connectivity index (χ0) is 15.1. The van der Waals surface area contributed by atoms with Crippen molar-refractivity contribution in [1.82, 2.24) is 4.31 Å². The molecule has 20 heavy (non-hydrogen) atoms. The van der Waals surface area contributed by atoms with E-state index in [2.05, 4.69) is 0 Å². The lowest BCUT2D eigenvalue weighted by Crippen LogP contribution is -2.48. The molecule has 1 fully saturated rings. The number of nitrogens with zero attached hydrogens (tertiary/aromatic N) is 1. The average Bonchev–Trinajstić information content (AvgIpc) is 2.32. The molecule has 1 heterocycles. The lowest BCUT2D eigenvalue weighted by atomic mass is 9.97. The quantitative estimate of drug-likeness (QED) is 0.810. The molecular weight excluding hydrogens is 307 g/mol. The zero-order valence-corrected chi connectivity index (χ0v) is 12.5. The Morgan fingerprint density at radius 3 is 2.75 bits per heavy atom. The fraction of sp³-hybridized carbons (Fsp3) is 0.500. The predicted octanol–water partition coefficient (Wildman–Crippen LogP) is 1.60. The van der Waals surface area contributed by atoms with E-state index in [1.54, 1.807) is 6.92 Å². The third-order valence-electron chi connectivity index (χ3n) is 3.29. The summed E-state index contributed by atoms with van der Waals surface area (Å²) in [5, 5.41) is 10.0. The molecule has 1 aliphatic heterocycles. The number of sulfonamides is 1. The fourth-order valence-corrected chi connectivity index (χ4v) is 4.30. The van der Waals surface area contributed by atoms with Crippen molar-refractivity contribution in [3.05, 3.63) is 23.0 Å². The number of nitrogens with two attached hydrogens (primary N) is 1. The van der Waals surface area contributed by atoms with Crippen LogP contribution in [-0.2, 0) is 10.0 Å². The van der Waals surface area contributed by atoms with Gasteiger partial charge in [0, 0.05) is 18.1 Å². The van der Waals surface area contributed by atoms with Gasteiger partial charge in [0.25, 0.3) is 0 Å². The van der Waals surface area contributed by atoms with Gasteiger partial charge in [0.05, 0.1) is 11.3 Å². The van der Waals surface area contributed by atoms with Crippen molar-refractivity contribution in [2.75, 3.05) is 18.8 Å². The highest BCUT2D eigenvalue weighted by Crippen LogP contribution is 2.30. The van der Waals surface area contributed by atoms with Crippen molar-refractivity contribution >= 4 is 27.3 Å². The third-order valence-corrected chi connectivity index (χ3v) is 5.35. The molecule has 0 aliphatic carbocycles. The smallest absolute Gasteiger partial charge is 0.246 e. The number of rotatable bonds is 2. The number of piperidine rings is 1. The van der Waals surface area contributed by atoms with Crippen molar-refractivity contribution < 1.29 is 17.9 Å². The molecule has 1 aliphatic rings. The maximum atomic E-state index is 14.0. The second-order valence-corrected chi connectivity index (χ2v) is 7.59. The summed E-state index contributed by atoms with van der Waals surface area (Å²) >= 11 is 5.74.